The van der Waals surface area contributed by atoms with Crippen LogP contribution in [0.2, 0.25) is 0 Å². The first-order valence-electron chi connectivity index (χ1n) is 4.70. The van der Waals surface area contributed by atoms with Gasteiger partial charge in [-0.3, -0.25) is 10.2 Å². The number of aryl methyl sites for hydroxylation is 1. The average molecular weight is 229 g/mol. The number of carbonyl (C=O) groups is 1. The number of amides is 1. The van der Waals surface area contributed by atoms with Crippen LogP contribution in [0.3, 0.4) is 0 Å². The van der Waals surface area contributed by atoms with Gasteiger partial charge in [0.25, 0.3) is 0 Å². The van der Waals surface area contributed by atoms with Gasteiger partial charge in [-0.15, -0.1) is 0 Å². The second-order valence-corrected chi connectivity index (χ2v) is 4.24. The molecule has 0 saturated carbocycles. The van der Waals surface area contributed by atoms with Crippen molar-refractivity contribution >= 4 is 17.7 Å². The summed E-state index contributed by atoms with van der Waals surface area (Å²) in [5.41, 5.74) is 2.16. The molecule has 0 aliphatic heterocycles. The zero-order valence-electron chi connectivity index (χ0n) is 8.80. The SMILES string of the molecule is CCCC(Sc1ncnn1C)C(=O)NN. The second kappa shape index (κ2) is 5.72. The molecule has 1 unspecified atom stereocenters. The fraction of sp³-hybridized carbons (Fsp3) is 0.625. The average Bonchev–Trinajstić information content (AvgIpc) is 2.63. The number of hydrazine groups is 1. The predicted octanol–water partition coefficient (Wildman–Crippen LogP) is 0.0658. The molecule has 0 saturated heterocycles. The largest absolute Gasteiger partial charge is 0.293 e. The van der Waals surface area contributed by atoms with Crippen molar-refractivity contribution in [3.63, 3.8) is 0 Å². The molecule has 1 amide bonds. The summed E-state index contributed by atoms with van der Waals surface area (Å²) < 4.78 is 1.64. The minimum atomic E-state index is -0.206. The first-order valence-corrected chi connectivity index (χ1v) is 5.58. The van der Waals surface area contributed by atoms with Crippen molar-refractivity contribution in [2.24, 2.45) is 12.9 Å². The highest BCUT2D eigenvalue weighted by Crippen LogP contribution is 2.23. The summed E-state index contributed by atoms with van der Waals surface area (Å²) in [6.07, 6.45) is 3.15. The van der Waals surface area contributed by atoms with E-state index in [4.69, 9.17) is 5.84 Å². The third kappa shape index (κ3) is 3.21. The molecule has 15 heavy (non-hydrogen) atoms. The molecule has 0 aliphatic carbocycles. The molecule has 0 radical (unpaired) electrons. The molecule has 1 atom stereocenters. The van der Waals surface area contributed by atoms with Crippen molar-refractivity contribution < 1.29 is 4.79 Å². The number of carbonyl (C=O) groups excluding carboxylic acids is 1. The Bertz CT molecular complexity index is 327. The fourth-order valence-electron chi connectivity index (χ4n) is 1.12. The van der Waals surface area contributed by atoms with E-state index in [9.17, 15) is 4.79 Å². The van der Waals surface area contributed by atoms with E-state index in [2.05, 4.69) is 15.5 Å². The highest BCUT2D eigenvalue weighted by atomic mass is 32.2. The third-order valence-corrected chi connectivity index (χ3v) is 3.22. The normalized spacial score (nSPS) is 12.5. The second-order valence-electron chi connectivity index (χ2n) is 3.07. The molecule has 7 heteroatoms. The van der Waals surface area contributed by atoms with Crippen molar-refractivity contribution in [3.05, 3.63) is 6.33 Å². The Morgan fingerprint density at radius 1 is 1.80 bits per heavy atom. The summed E-state index contributed by atoms with van der Waals surface area (Å²) in [4.78, 5) is 15.5. The number of nitrogens with zero attached hydrogens (tertiary/aromatic N) is 3. The molecular formula is C8H15N5OS. The van der Waals surface area contributed by atoms with Crippen LogP contribution in [-0.2, 0) is 11.8 Å². The lowest BCUT2D eigenvalue weighted by atomic mass is 10.2. The van der Waals surface area contributed by atoms with Gasteiger partial charge in [-0.25, -0.2) is 15.5 Å². The van der Waals surface area contributed by atoms with E-state index in [1.54, 1.807) is 11.7 Å². The molecule has 1 heterocycles. The van der Waals surface area contributed by atoms with Gasteiger partial charge in [0.05, 0.1) is 5.25 Å². The van der Waals surface area contributed by atoms with Gasteiger partial charge in [0.2, 0.25) is 5.91 Å². The summed E-state index contributed by atoms with van der Waals surface area (Å²) in [6.45, 7) is 2.02. The number of hydrogen-bond donors (Lipinski definition) is 2. The fourth-order valence-corrected chi connectivity index (χ4v) is 2.21. The van der Waals surface area contributed by atoms with Crippen LogP contribution in [0.5, 0.6) is 0 Å². The van der Waals surface area contributed by atoms with E-state index >= 15 is 0 Å². The van der Waals surface area contributed by atoms with Crippen molar-refractivity contribution in [1.82, 2.24) is 20.2 Å². The van der Waals surface area contributed by atoms with Gasteiger partial charge in [-0.05, 0) is 6.42 Å². The van der Waals surface area contributed by atoms with Crippen LogP contribution < -0.4 is 11.3 Å². The highest BCUT2D eigenvalue weighted by molar-refractivity contribution is 8.00. The van der Waals surface area contributed by atoms with Gasteiger partial charge in [0, 0.05) is 7.05 Å². The van der Waals surface area contributed by atoms with Crippen LogP contribution in [-0.4, -0.2) is 25.9 Å². The number of rotatable bonds is 5. The maximum Gasteiger partial charge on any atom is 0.247 e. The molecule has 1 aromatic heterocycles. The van der Waals surface area contributed by atoms with Crippen LogP contribution >= 0.6 is 11.8 Å². The maximum atomic E-state index is 11.4. The van der Waals surface area contributed by atoms with Gasteiger partial charge in [0.15, 0.2) is 5.16 Å². The number of aromatic nitrogens is 3. The molecule has 0 bridgehead atoms. The van der Waals surface area contributed by atoms with E-state index in [0.29, 0.717) is 0 Å². The van der Waals surface area contributed by atoms with Crippen molar-refractivity contribution in [1.29, 1.82) is 0 Å². The van der Waals surface area contributed by atoms with Crippen LogP contribution in [0.1, 0.15) is 19.8 Å². The quantitative estimate of drug-likeness (QED) is 0.323. The van der Waals surface area contributed by atoms with Gasteiger partial charge in [0.1, 0.15) is 6.33 Å². The first-order chi connectivity index (χ1) is 7.19. The Kier molecular flexibility index (Phi) is 4.57. The third-order valence-electron chi connectivity index (χ3n) is 1.90. The molecule has 0 fully saturated rings. The number of thioether (sulfide) groups is 1. The Labute approximate surface area is 92.6 Å². The zero-order chi connectivity index (χ0) is 11.3. The lowest BCUT2D eigenvalue weighted by Crippen LogP contribution is -2.37. The molecule has 0 aromatic carbocycles. The molecule has 1 aromatic rings. The molecular weight excluding hydrogens is 214 g/mol. The van der Waals surface area contributed by atoms with Crippen LogP contribution in [0, 0.1) is 0 Å². The summed E-state index contributed by atoms with van der Waals surface area (Å²) in [5.74, 6) is 4.94. The highest BCUT2D eigenvalue weighted by Gasteiger charge is 2.20. The molecule has 84 valence electrons. The number of nitrogens with one attached hydrogen (secondary N) is 1. The summed E-state index contributed by atoms with van der Waals surface area (Å²) in [5, 5.41) is 4.45. The Morgan fingerprint density at radius 2 is 2.53 bits per heavy atom. The van der Waals surface area contributed by atoms with Gasteiger partial charge in [-0.1, -0.05) is 25.1 Å². The summed E-state index contributed by atoms with van der Waals surface area (Å²) in [6, 6.07) is 0. The summed E-state index contributed by atoms with van der Waals surface area (Å²) in [7, 11) is 1.79. The number of hydrogen-bond acceptors (Lipinski definition) is 5. The van der Waals surface area contributed by atoms with Crippen LogP contribution in [0.4, 0.5) is 0 Å². The maximum absolute atomic E-state index is 11.4. The lowest BCUT2D eigenvalue weighted by Gasteiger charge is -2.12. The number of nitrogens with two attached hydrogens (primary N) is 1. The molecule has 6 nitrogen and oxygen atoms in total. The Morgan fingerprint density at radius 3 is 3.00 bits per heavy atom. The summed E-state index contributed by atoms with van der Waals surface area (Å²) >= 11 is 1.38. The molecule has 1 rings (SSSR count). The predicted molar refractivity (Wildman–Crippen MR) is 57.9 cm³/mol. The molecule has 3 N–H and O–H groups in total. The van der Waals surface area contributed by atoms with Crippen molar-refractivity contribution in [2.75, 3.05) is 0 Å². The Balaban J connectivity index is 2.66. The standard InChI is InChI=1S/C8H15N5OS/c1-3-4-6(7(14)12-9)15-8-10-5-11-13(8)2/h5-6H,3-4,9H2,1-2H3,(H,12,14). The minimum absolute atomic E-state index is 0.176. The monoisotopic (exact) mass is 229 g/mol. The molecule has 0 spiro atoms. The van der Waals surface area contributed by atoms with E-state index in [-0.39, 0.29) is 11.2 Å². The van der Waals surface area contributed by atoms with Gasteiger partial charge in [-0.2, -0.15) is 5.10 Å². The first kappa shape index (κ1) is 12.0. The van der Waals surface area contributed by atoms with Crippen LogP contribution in [0.25, 0.3) is 0 Å². The van der Waals surface area contributed by atoms with E-state index < -0.39 is 0 Å². The molecule has 0 aliphatic rings. The lowest BCUT2D eigenvalue weighted by molar-refractivity contribution is -0.120. The smallest absolute Gasteiger partial charge is 0.247 e. The Hall–Kier alpha value is -1.08. The van der Waals surface area contributed by atoms with Crippen molar-refractivity contribution in [2.45, 2.75) is 30.2 Å². The van der Waals surface area contributed by atoms with Gasteiger partial charge >= 0.3 is 0 Å². The zero-order valence-corrected chi connectivity index (χ0v) is 9.62. The van der Waals surface area contributed by atoms with E-state index in [1.807, 2.05) is 6.92 Å². The van der Waals surface area contributed by atoms with Gasteiger partial charge < -0.3 is 0 Å². The topological polar surface area (TPSA) is 85.8 Å². The van der Waals surface area contributed by atoms with E-state index in [0.717, 1.165) is 18.0 Å². The van der Waals surface area contributed by atoms with Crippen molar-refractivity contribution in [3.8, 4) is 0 Å². The minimum Gasteiger partial charge on any atom is -0.293 e. The van der Waals surface area contributed by atoms with Crippen LogP contribution in [0.15, 0.2) is 11.5 Å². The van der Waals surface area contributed by atoms with E-state index in [1.165, 1.54) is 18.1 Å².